The minimum absolute atomic E-state index is 0.0179. The Balaban J connectivity index is 0.000000242. The van der Waals surface area contributed by atoms with Gasteiger partial charge in [-0.2, -0.15) is 4.21 Å². The van der Waals surface area contributed by atoms with Crippen LogP contribution in [0.5, 0.6) is 5.75 Å². The summed E-state index contributed by atoms with van der Waals surface area (Å²) in [4.78, 5) is -0.0110. The molecule has 3 atom stereocenters. The van der Waals surface area contributed by atoms with Crippen LogP contribution in [0.4, 0.5) is 0 Å². The summed E-state index contributed by atoms with van der Waals surface area (Å²) in [7, 11) is -3.76. The summed E-state index contributed by atoms with van der Waals surface area (Å²) in [6.45, 7) is 6.51. The molecule has 12 heteroatoms. The van der Waals surface area contributed by atoms with Crippen molar-refractivity contribution in [1.29, 1.82) is 0 Å². The Kier molecular flexibility index (Phi) is 13.2. The van der Waals surface area contributed by atoms with Crippen molar-refractivity contribution in [3.63, 3.8) is 0 Å². The molecule has 1 aliphatic carbocycles. The third-order valence-corrected chi connectivity index (χ3v) is 10.4. The van der Waals surface area contributed by atoms with Crippen molar-refractivity contribution in [2.45, 2.75) is 73.9 Å². The molecule has 0 N–H and O–H groups in total. The molecule has 3 aromatic carbocycles. The summed E-state index contributed by atoms with van der Waals surface area (Å²) in [6.07, 6.45) is 8.49. The number of hydrogen-bond acceptors (Lipinski definition) is 6. The number of terminal acetylenes is 1. The van der Waals surface area contributed by atoms with E-state index in [1.807, 2.05) is 12.1 Å². The molecule has 6 nitrogen and oxygen atoms in total. The lowest BCUT2D eigenvalue weighted by molar-refractivity contribution is 0.0239. The zero-order valence-corrected chi connectivity index (χ0v) is 28.5. The molecule has 0 bridgehead atoms. The van der Waals surface area contributed by atoms with Crippen LogP contribution >= 0.6 is 46.4 Å². The van der Waals surface area contributed by atoms with E-state index < -0.39 is 21.2 Å². The van der Waals surface area contributed by atoms with Crippen molar-refractivity contribution in [2.24, 2.45) is 0 Å². The SMILES string of the molecule is C#CCOS(=O)OC1CCCCC1Oc1ccc(C(C)(C)C)cc1.O=S(=O)(c1ccc(Cl)cc1)c1cc(Cl)c(Cl)cc1Cl. The average Bonchev–Trinajstić information content (AvgIpc) is 2.95. The maximum atomic E-state index is 12.4. The molecule has 4 rings (SSSR count). The molecule has 0 spiro atoms. The van der Waals surface area contributed by atoms with Crippen LogP contribution in [0.2, 0.25) is 20.1 Å². The van der Waals surface area contributed by atoms with Gasteiger partial charge in [-0.15, -0.1) is 6.42 Å². The maximum absolute atomic E-state index is 12.4. The lowest BCUT2D eigenvalue weighted by Gasteiger charge is -2.30. The van der Waals surface area contributed by atoms with Crippen molar-refractivity contribution in [1.82, 2.24) is 0 Å². The molecule has 1 saturated carbocycles. The van der Waals surface area contributed by atoms with Gasteiger partial charge in [-0.3, -0.25) is 8.37 Å². The van der Waals surface area contributed by atoms with E-state index in [-0.39, 0.29) is 49.1 Å². The zero-order chi connectivity index (χ0) is 31.8. The summed E-state index contributed by atoms with van der Waals surface area (Å²) in [5.41, 5.74) is 1.37. The fourth-order valence-corrected chi connectivity index (χ4v) is 7.20. The monoisotopic (exact) mass is 704 g/mol. The molecular formula is C31H32Cl4O6S2. The summed E-state index contributed by atoms with van der Waals surface area (Å²) < 4.78 is 53.0. The third-order valence-electron chi connectivity index (χ3n) is 6.48. The summed E-state index contributed by atoms with van der Waals surface area (Å²) in [5.74, 6) is 3.08. The van der Waals surface area contributed by atoms with Gasteiger partial charge in [-0.25, -0.2) is 8.42 Å². The normalized spacial score (nSPS) is 17.7. The van der Waals surface area contributed by atoms with E-state index in [0.717, 1.165) is 31.4 Å². The predicted molar refractivity (Wildman–Crippen MR) is 174 cm³/mol. The molecule has 3 aromatic rings. The summed E-state index contributed by atoms with van der Waals surface area (Å²) in [5, 5.41) is 0.781. The first-order valence-electron chi connectivity index (χ1n) is 13.3. The highest BCUT2D eigenvalue weighted by molar-refractivity contribution is 7.91. The Hall–Kier alpha value is -1.80. The number of sulfone groups is 1. The van der Waals surface area contributed by atoms with Crippen LogP contribution in [0.1, 0.15) is 52.0 Å². The molecule has 232 valence electrons. The molecule has 0 aliphatic heterocycles. The van der Waals surface area contributed by atoms with E-state index in [1.165, 1.54) is 42.0 Å². The highest BCUT2D eigenvalue weighted by Crippen LogP contribution is 2.35. The number of benzene rings is 3. The van der Waals surface area contributed by atoms with Crippen molar-refractivity contribution < 1.29 is 25.7 Å². The van der Waals surface area contributed by atoms with Gasteiger partial charge < -0.3 is 4.74 Å². The molecule has 0 aromatic heterocycles. The Bertz CT molecular complexity index is 1550. The summed E-state index contributed by atoms with van der Waals surface area (Å²) >= 11 is 21.4. The molecule has 0 radical (unpaired) electrons. The molecule has 1 aliphatic rings. The van der Waals surface area contributed by atoms with Crippen molar-refractivity contribution in [3.05, 3.63) is 86.3 Å². The topological polar surface area (TPSA) is 78.9 Å². The second-order valence-corrected chi connectivity index (χ2v) is 15.1. The first-order valence-corrected chi connectivity index (χ1v) is 17.3. The number of hydrogen-bond donors (Lipinski definition) is 0. The van der Waals surface area contributed by atoms with Gasteiger partial charge in [0.15, 0.2) is 0 Å². The standard InChI is InChI=1S/C19H26O4S.C12H6Cl4O2S/c1-5-14-21-24(20)23-18-9-7-6-8-17(18)22-16-12-10-15(11-13-16)19(2,3)4;13-7-1-3-8(4-2-7)19(17,18)12-6-10(15)9(14)5-11(12)16/h1,10-13,17-18H,6-9,14H2,2-4H3;1-6H. The van der Waals surface area contributed by atoms with Gasteiger partial charge in [-0.05, 0) is 78.8 Å². The molecule has 0 saturated heterocycles. The van der Waals surface area contributed by atoms with Crippen LogP contribution in [0.25, 0.3) is 0 Å². The van der Waals surface area contributed by atoms with Gasteiger partial charge in [0, 0.05) is 5.02 Å². The van der Waals surface area contributed by atoms with Crippen LogP contribution < -0.4 is 4.74 Å². The molecule has 0 amide bonds. The molecule has 0 heterocycles. The second-order valence-electron chi connectivity index (χ2n) is 10.7. The molecular weight excluding hydrogens is 674 g/mol. The third kappa shape index (κ3) is 10.4. The first kappa shape index (κ1) is 35.7. The van der Waals surface area contributed by atoms with Crippen LogP contribution in [0.3, 0.4) is 0 Å². The van der Waals surface area contributed by atoms with E-state index in [4.69, 9.17) is 65.9 Å². The fraction of sp³-hybridized carbons (Fsp3) is 0.355. The second kappa shape index (κ2) is 16.0. The van der Waals surface area contributed by atoms with Crippen molar-refractivity contribution in [2.75, 3.05) is 6.61 Å². The summed E-state index contributed by atoms with van der Waals surface area (Å²) in [6, 6.07) is 16.4. The van der Waals surface area contributed by atoms with Gasteiger partial charge in [0.05, 0.1) is 24.9 Å². The molecule has 1 fully saturated rings. The van der Waals surface area contributed by atoms with Crippen LogP contribution in [-0.4, -0.2) is 31.4 Å². The maximum Gasteiger partial charge on any atom is 0.305 e. The lowest BCUT2D eigenvalue weighted by Crippen LogP contribution is -2.37. The van der Waals surface area contributed by atoms with E-state index in [2.05, 4.69) is 38.8 Å². The molecule has 43 heavy (non-hydrogen) atoms. The van der Waals surface area contributed by atoms with E-state index >= 15 is 0 Å². The smallest absolute Gasteiger partial charge is 0.305 e. The number of rotatable bonds is 8. The Morgan fingerprint density at radius 1 is 0.884 bits per heavy atom. The van der Waals surface area contributed by atoms with Crippen LogP contribution in [0, 0.1) is 12.3 Å². The number of halogens is 4. The predicted octanol–water partition coefficient (Wildman–Crippen LogP) is 9.05. The minimum atomic E-state index is -3.76. The highest BCUT2D eigenvalue weighted by atomic mass is 35.5. The average molecular weight is 707 g/mol. The van der Waals surface area contributed by atoms with Gasteiger partial charge in [0.1, 0.15) is 24.6 Å². The zero-order valence-electron chi connectivity index (χ0n) is 23.8. The van der Waals surface area contributed by atoms with Crippen molar-refractivity contribution >= 4 is 67.6 Å². The lowest BCUT2D eigenvalue weighted by atomic mass is 9.87. The van der Waals surface area contributed by atoms with Gasteiger partial charge >= 0.3 is 11.4 Å². The molecule has 3 unspecified atom stereocenters. The Morgan fingerprint density at radius 2 is 1.47 bits per heavy atom. The quantitative estimate of drug-likeness (QED) is 0.172. The Morgan fingerprint density at radius 3 is 2.05 bits per heavy atom. The number of ether oxygens (including phenoxy) is 1. The van der Waals surface area contributed by atoms with Crippen molar-refractivity contribution in [3.8, 4) is 18.1 Å². The van der Waals surface area contributed by atoms with Crippen LogP contribution in [-0.2, 0) is 35.0 Å². The van der Waals surface area contributed by atoms with Crippen LogP contribution in [0.15, 0.2) is 70.5 Å². The fourth-order valence-electron chi connectivity index (χ4n) is 4.18. The highest BCUT2D eigenvalue weighted by Gasteiger charge is 2.30. The first-order chi connectivity index (χ1) is 20.2. The Labute approximate surface area is 276 Å². The van der Waals surface area contributed by atoms with Gasteiger partial charge in [0.25, 0.3) is 0 Å². The van der Waals surface area contributed by atoms with E-state index in [9.17, 15) is 12.6 Å². The largest absolute Gasteiger partial charge is 0.488 e. The van der Waals surface area contributed by atoms with Gasteiger partial charge in [0.2, 0.25) is 9.84 Å². The van der Waals surface area contributed by atoms with E-state index in [0.29, 0.717) is 5.02 Å². The van der Waals surface area contributed by atoms with E-state index in [1.54, 1.807) is 0 Å². The van der Waals surface area contributed by atoms with Gasteiger partial charge in [-0.1, -0.05) is 91.6 Å². The minimum Gasteiger partial charge on any atom is -0.488 e.